The summed E-state index contributed by atoms with van der Waals surface area (Å²) in [4.78, 5) is 0. The predicted octanol–water partition coefficient (Wildman–Crippen LogP) is 3.60. The highest BCUT2D eigenvalue weighted by Crippen LogP contribution is 2.28. The minimum absolute atomic E-state index is 0.624. The Morgan fingerprint density at radius 2 is 1.95 bits per heavy atom. The number of nitrogens with zero attached hydrogens (tertiary/aromatic N) is 1. The molecule has 0 aromatic heterocycles. The molecular weight excluding hydrogens is 252 g/mol. The highest BCUT2D eigenvalue weighted by Gasteiger charge is 2.05. The lowest BCUT2D eigenvalue weighted by Crippen LogP contribution is -2.02. The second-order valence-corrected chi connectivity index (χ2v) is 4.53. The second kappa shape index (κ2) is 10.1. The zero-order valence-electron chi connectivity index (χ0n) is 12.8. The molecule has 0 spiro atoms. The van der Waals surface area contributed by atoms with Crippen molar-refractivity contribution in [1.29, 1.82) is 0 Å². The number of ether oxygens (including phenoxy) is 2. The van der Waals surface area contributed by atoms with Gasteiger partial charge in [0, 0.05) is 7.05 Å². The van der Waals surface area contributed by atoms with Gasteiger partial charge in [-0.15, -0.1) is 0 Å². The molecule has 0 saturated heterocycles. The van der Waals surface area contributed by atoms with E-state index in [0.29, 0.717) is 6.61 Å². The Kier molecular flexibility index (Phi) is 8.27. The smallest absolute Gasteiger partial charge is 0.161 e. The van der Waals surface area contributed by atoms with Crippen LogP contribution < -0.4 is 14.9 Å². The maximum Gasteiger partial charge on any atom is 0.161 e. The molecule has 0 fully saturated rings. The summed E-state index contributed by atoms with van der Waals surface area (Å²) in [5, 5.41) is 4.00. The van der Waals surface area contributed by atoms with Crippen molar-refractivity contribution in [1.82, 2.24) is 5.43 Å². The number of unbranched alkanes of at least 4 members (excludes halogenated alkanes) is 3. The van der Waals surface area contributed by atoms with Crippen LogP contribution in [0.15, 0.2) is 23.3 Å². The fraction of sp³-hybridized carbons (Fsp3) is 0.562. The summed E-state index contributed by atoms with van der Waals surface area (Å²) < 4.78 is 11.4. The summed E-state index contributed by atoms with van der Waals surface area (Å²) in [6, 6.07) is 5.87. The quantitative estimate of drug-likeness (QED) is 0.404. The molecule has 0 aliphatic heterocycles. The third kappa shape index (κ3) is 5.95. The van der Waals surface area contributed by atoms with Gasteiger partial charge in [-0.25, -0.2) is 0 Å². The maximum atomic E-state index is 5.81. The van der Waals surface area contributed by atoms with E-state index in [4.69, 9.17) is 9.47 Å². The van der Waals surface area contributed by atoms with E-state index >= 15 is 0 Å². The fourth-order valence-corrected chi connectivity index (χ4v) is 1.84. The molecular formula is C16H26N2O2. The predicted molar refractivity (Wildman–Crippen MR) is 83.9 cm³/mol. The first-order valence-electron chi connectivity index (χ1n) is 7.41. The van der Waals surface area contributed by atoms with Crippen molar-refractivity contribution >= 4 is 6.21 Å². The molecule has 0 radical (unpaired) electrons. The van der Waals surface area contributed by atoms with Gasteiger partial charge >= 0.3 is 0 Å². The number of hydrazone groups is 1. The van der Waals surface area contributed by atoms with Gasteiger partial charge in [0.25, 0.3) is 0 Å². The minimum Gasteiger partial charge on any atom is -0.490 e. The summed E-state index contributed by atoms with van der Waals surface area (Å²) in [5.41, 5.74) is 3.72. The van der Waals surface area contributed by atoms with Crippen LogP contribution in [0.1, 0.15) is 45.1 Å². The summed E-state index contributed by atoms with van der Waals surface area (Å²) in [6.45, 7) is 5.54. The Morgan fingerprint density at radius 3 is 2.65 bits per heavy atom. The summed E-state index contributed by atoms with van der Waals surface area (Å²) >= 11 is 0. The van der Waals surface area contributed by atoms with Gasteiger partial charge in [-0.2, -0.15) is 5.10 Å². The number of rotatable bonds is 10. The van der Waals surface area contributed by atoms with Crippen molar-refractivity contribution < 1.29 is 9.47 Å². The Hall–Kier alpha value is -1.71. The molecule has 0 aliphatic carbocycles. The van der Waals surface area contributed by atoms with Crippen LogP contribution in [0.2, 0.25) is 0 Å². The van der Waals surface area contributed by atoms with Gasteiger partial charge in [-0.3, -0.25) is 0 Å². The molecule has 4 heteroatoms. The van der Waals surface area contributed by atoms with Gasteiger partial charge in [0.15, 0.2) is 11.5 Å². The maximum absolute atomic E-state index is 5.81. The monoisotopic (exact) mass is 278 g/mol. The third-order valence-electron chi connectivity index (χ3n) is 2.87. The van der Waals surface area contributed by atoms with Gasteiger partial charge in [-0.05, 0) is 37.1 Å². The standard InChI is InChI=1S/C16H26N2O2/c1-4-6-7-8-11-20-15-10-9-14(13-18-17-3)12-16(15)19-5-2/h9-10,12-13,17H,4-8,11H2,1-3H3/b18-13+. The Labute approximate surface area is 122 Å². The van der Waals surface area contributed by atoms with E-state index in [2.05, 4.69) is 17.5 Å². The van der Waals surface area contributed by atoms with Gasteiger partial charge in [0.05, 0.1) is 19.4 Å². The lowest BCUT2D eigenvalue weighted by molar-refractivity contribution is 0.270. The number of benzene rings is 1. The third-order valence-corrected chi connectivity index (χ3v) is 2.87. The number of hydrogen-bond acceptors (Lipinski definition) is 4. The Bertz CT molecular complexity index is 405. The zero-order valence-corrected chi connectivity index (χ0v) is 12.8. The lowest BCUT2D eigenvalue weighted by Gasteiger charge is -2.12. The van der Waals surface area contributed by atoms with Crippen LogP contribution in [0, 0.1) is 0 Å². The fourth-order valence-electron chi connectivity index (χ4n) is 1.84. The van der Waals surface area contributed by atoms with E-state index in [1.807, 2.05) is 25.1 Å². The van der Waals surface area contributed by atoms with Crippen molar-refractivity contribution in [3.8, 4) is 11.5 Å². The first-order chi connectivity index (χ1) is 9.81. The average molecular weight is 278 g/mol. The molecule has 1 aromatic rings. The highest BCUT2D eigenvalue weighted by atomic mass is 16.5. The van der Waals surface area contributed by atoms with E-state index in [0.717, 1.165) is 30.1 Å². The molecule has 0 amide bonds. The minimum atomic E-state index is 0.624. The molecule has 1 rings (SSSR count). The Balaban J connectivity index is 2.61. The van der Waals surface area contributed by atoms with Gasteiger partial charge in [0.2, 0.25) is 0 Å². The van der Waals surface area contributed by atoms with E-state index in [-0.39, 0.29) is 0 Å². The molecule has 0 saturated carbocycles. The molecule has 0 heterocycles. The number of nitrogens with one attached hydrogen (secondary N) is 1. The van der Waals surface area contributed by atoms with Crippen LogP contribution in [0.25, 0.3) is 0 Å². The van der Waals surface area contributed by atoms with E-state index in [1.54, 1.807) is 13.3 Å². The largest absolute Gasteiger partial charge is 0.490 e. The molecule has 1 N–H and O–H groups in total. The molecule has 0 unspecified atom stereocenters. The summed E-state index contributed by atoms with van der Waals surface area (Å²) in [6.07, 6.45) is 6.56. The topological polar surface area (TPSA) is 42.8 Å². The van der Waals surface area contributed by atoms with E-state index in [9.17, 15) is 0 Å². The van der Waals surface area contributed by atoms with Crippen molar-refractivity contribution in [3.63, 3.8) is 0 Å². The molecule has 20 heavy (non-hydrogen) atoms. The van der Waals surface area contributed by atoms with Gasteiger partial charge in [-0.1, -0.05) is 26.2 Å². The number of hydrogen-bond donors (Lipinski definition) is 1. The van der Waals surface area contributed by atoms with Crippen LogP contribution in [-0.2, 0) is 0 Å². The van der Waals surface area contributed by atoms with Crippen molar-refractivity contribution in [2.45, 2.75) is 39.5 Å². The van der Waals surface area contributed by atoms with Crippen molar-refractivity contribution in [2.24, 2.45) is 5.10 Å². The molecule has 0 atom stereocenters. The highest BCUT2D eigenvalue weighted by molar-refractivity contribution is 5.80. The van der Waals surface area contributed by atoms with E-state index in [1.165, 1.54) is 19.3 Å². The van der Waals surface area contributed by atoms with Crippen molar-refractivity contribution in [3.05, 3.63) is 23.8 Å². The van der Waals surface area contributed by atoms with Crippen LogP contribution in [-0.4, -0.2) is 26.5 Å². The van der Waals surface area contributed by atoms with Crippen molar-refractivity contribution in [2.75, 3.05) is 20.3 Å². The SMILES string of the molecule is CCCCCCOc1ccc(/C=N/NC)cc1OCC. The summed E-state index contributed by atoms with van der Waals surface area (Å²) in [5.74, 6) is 1.59. The van der Waals surface area contributed by atoms with Crippen LogP contribution in [0.4, 0.5) is 0 Å². The van der Waals surface area contributed by atoms with Crippen LogP contribution >= 0.6 is 0 Å². The first-order valence-corrected chi connectivity index (χ1v) is 7.41. The van der Waals surface area contributed by atoms with Crippen LogP contribution in [0.5, 0.6) is 11.5 Å². The first kappa shape index (κ1) is 16.3. The molecule has 112 valence electrons. The van der Waals surface area contributed by atoms with Gasteiger partial charge in [0.1, 0.15) is 0 Å². The molecule has 0 bridgehead atoms. The zero-order chi connectivity index (χ0) is 14.6. The lowest BCUT2D eigenvalue weighted by atomic mass is 10.2. The molecule has 0 aliphatic rings. The molecule has 1 aromatic carbocycles. The van der Waals surface area contributed by atoms with E-state index < -0.39 is 0 Å². The van der Waals surface area contributed by atoms with Gasteiger partial charge < -0.3 is 14.9 Å². The van der Waals surface area contributed by atoms with Crippen LogP contribution in [0.3, 0.4) is 0 Å². The summed E-state index contributed by atoms with van der Waals surface area (Å²) in [7, 11) is 1.77. The normalized spacial score (nSPS) is 10.8. The molecule has 4 nitrogen and oxygen atoms in total. The second-order valence-electron chi connectivity index (χ2n) is 4.53. The Morgan fingerprint density at radius 1 is 1.10 bits per heavy atom. The average Bonchev–Trinajstić information content (AvgIpc) is 2.47.